The SMILES string of the molecule is Cc1nn(CCC(=O)Nc2cccc(C#N)c2)c(C)c1CCC(=O)Nc1cccc(C#N)c1. The monoisotopic (exact) mass is 440 g/mol. The highest BCUT2D eigenvalue weighted by atomic mass is 16.2. The predicted molar refractivity (Wildman–Crippen MR) is 124 cm³/mol. The standard InChI is InChI=1S/C25H24N6O2/c1-17-23(9-10-24(32)28-21-7-3-5-19(13-21)15-26)18(2)31(30-17)12-11-25(33)29-22-8-4-6-20(14-22)16-27/h3-8,13-14H,9-12H2,1-2H3,(H,28,32)(H,29,33). The minimum absolute atomic E-state index is 0.143. The van der Waals surface area contributed by atoms with Crippen LogP contribution < -0.4 is 10.6 Å². The van der Waals surface area contributed by atoms with E-state index in [2.05, 4.69) is 21.8 Å². The summed E-state index contributed by atoms with van der Waals surface area (Å²) in [6.45, 7) is 4.22. The molecule has 3 rings (SSSR count). The molecule has 0 aliphatic heterocycles. The predicted octanol–water partition coefficient (Wildman–Crippen LogP) is 3.84. The third-order valence-electron chi connectivity index (χ3n) is 5.23. The Labute approximate surface area is 192 Å². The molecule has 8 heteroatoms. The van der Waals surface area contributed by atoms with Crippen LogP contribution >= 0.6 is 0 Å². The van der Waals surface area contributed by atoms with Gasteiger partial charge in [-0.2, -0.15) is 15.6 Å². The van der Waals surface area contributed by atoms with Gasteiger partial charge < -0.3 is 10.6 Å². The third-order valence-corrected chi connectivity index (χ3v) is 5.23. The molecule has 0 fully saturated rings. The molecule has 2 aromatic carbocycles. The number of hydrogen-bond acceptors (Lipinski definition) is 5. The van der Waals surface area contributed by atoms with Crippen LogP contribution in [0.3, 0.4) is 0 Å². The molecular weight excluding hydrogens is 416 g/mol. The van der Waals surface area contributed by atoms with Gasteiger partial charge in [0.1, 0.15) is 0 Å². The maximum Gasteiger partial charge on any atom is 0.226 e. The van der Waals surface area contributed by atoms with Crippen LogP contribution in [0.1, 0.15) is 40.9 Å². The number of nitrogens with one attached hydrogen (secondary N) is 2. The van der Waals surface area contributed by atoms with Crippen molar-refractivity contribution in [3.05, 3.63) is 76.6 Å². The number of nitriles is 2. The van der Waals surface area contributed by atoms with Gasteiger partial charge in [0.05, 0.1) is 29.0 Å². The number of aromatic nitrogens is 2. The van der Waals surface area contributed by atoms with E-state index in [4.69, 9.17) is 10.5 Å². The second kappa shape index (κ2) is 10.7. The van der Waals surface area contributed by atoms with E-state index in [0.717, 1.165) is 17.0 Å². The summed E-state index contributed by atoms with van der Waals surface area (Å²) in [4.78, 5) is 24.7. The van der Waals surface area contributed by atoms with Gasteiger partial charge in [-0.15, -0.1) is 0 Å². The fourth-order valence-electron chi connectivity index (χ4n) is 3.54. The lowest BCUT2D eigenvalue weighted by atomic mass is 10.1. The van der Waals surface area contributed by atoms with Crippen molar-refractivity contribution in [2.75, 3.05) is 10.6 Å². The van der Waals surface area contributed by atoms with Crippen LogP contribution in [0.2, 0.25) is 0 Å². The summed E-state index contributed by atoms with van der Waals surface area (Å²) in [6.07, 6.45) is 1.03. The zero-order chi connectivity index (χ0) is 23.8. The average Bonchev–Trinajstić information content (AvgIpc) is 3.08. The largest absolute Gasteiger partial charge is 0.326 e. The van der Waals surface area contributed by atoms with Gasteiger partial charge in [0, 0.05) is 36.5 Å². The minimum atomic E-state index is -0.168. The third kappa shape index (κ3) is 6.28. The Bertz CT molecular complexity index is 1260. The molecule has 0 saturated carbocycles. The molecule has 1 aromatic heterocycles. The van der Waals surface area contributed by atoms with Crippen molar-refractivity contribution in [2.24, 2.45) is 0 Å². The Balaban J connectivity index is 1.54. The molecule has 0 saturated heterocycles. The molecule has 2 amide bonds. The van der Waals surface area contributed by atoms with Crippen LogP contribution in [0.15, 0.2) is 48.5 Å². The van der Waals surface area contributed by atoms with E-state index in [0.29, 0.717) is 35.5 Å². The normalized spacial score (nSPS) is 10.2. The molecule has 0 unspecified atom stereocenters. The minimum Gasteiger partial charge on any atom is -0.326 e. The number of carbonyl (C=O) groups is 2. The first-order valence-electron chi connectivity index (χ1n) is 10.5. The Morgan fingerprint density at radius 3 is 2.00 bits per heavy atom. The Hall–Kier alpha value is -4.43. The Morgan fingerprint density at radius 1 is 0.909 bits per heavy atom. The highest BCUT2D eigenvalue weighted by Crippen LogP contribution is 2.17. The first-order valence-corrected chi connectivity index (χ1v) is 10.5. The fraction of sp³-hybridized carbons (Fsp3) is 0.240. The van der Waals surface area contributed by atoms with Crippen LogP contribution in [-0.2, 0) is 22.6 Å². The molecule has 0 radical (unpaired) electrons. The van der Waals surface area contributed by atoms with Crippen molar-refractivity contribution in [1.29, 1.82) is 10.5 Å². The number of benzene rings is 2. The van der Waals surface area contributed by atoms with Gasteiger partial charge in [0.15, 0.2) is 0 Å². The van der Waals surface area contributed by atoms with Crippen molar-refractivity contribution in [2.45, 2.75) is 39.7 Å². The van der Waals surface area contributed by atoms with Gasteiger partial charge in [0.2, 0.25) is 11.8 Å². The number of amides is 2. The summed E-state index contributed by atoms with van der Waals surface area (Å²) < 4.78 is 1.78. The first kappa shape index (κ1) is 23.2. The maximum atomic E-state index is 12.4. The summed E-state index contributed by atoms with van der Waals surface area (Å²) in [5.74, 6) is -0.311. The van der Waals surface area contributed by atoms with E-state index < -0.39 is 0 Å². The lowest BCUT2D eigenvalue weighted by Gasteiger charge is -2.08. The number of rotatable bonds is 8. The maximum absolute atomic E-state index is 12.4. The molecular formula is C25H24N6O2. The smallest absolute Gasteiger partial charge is 0.226 e. The van der Waals surface area contributed by atoms with Crippen LogP contribution in [0.5, 0.6) is 0 Å². The highest BCUT2D eigenvalue weighted by molar-refractivity contribution is 5.91. The molecule has 0 atom stereocenters. The molecule has 1 heterocycles. The number of anilines is 2. The van der Waals surface area contributed by atoms with E-state index in [9.17, 15) is 9.59 Å². The molecule has 3 aromatic rings. The Morgan fingerprint density at radius 2 is 1.45 bits per heavy atom. The molecule has 0 bridgehead atoms. The summed E-state index contributed by atoms with van der Waals surface area (Å²) in [5, 5.41) is 28.1. The second-order valence-electron chi connectivity index (χ2n) is 7.60. The lowest BCUT2D eigenvalue weighted by molar-refractivity contribution is -0.117. The van der Waals surface area contributed by atoms with E-state index >= 15 is 0 Å². The van der Waals surface area contributed by atoms with Gasteiger partial charge in [-0.1, -0.05) is 12.1 Å². The van der Waals surface area contributed by atoms with Gasteiger partial charge in [-0.05, 0) is 62.2 Å². The van der Waals surface area contributed by atoms with Crippen molar-refractivity contribution < 1.29 is 9.59 Å². The summed E-state index contributed by atoms with van der Waals surface area (Å²) >= 11 is 0. The quantitative estimate of drug-likeness (QED) is 0.551. The number of carbonyl (C=O) groups excluding carboxylic acids is 2. The van der Waals surface area contributed by atoms with Gasteiger partial charge in [-0.25, -0.2) is 0 Å². The summed E-state index contributed by atoms with van der Waals surface area (Å²) in [5.41, 5.74) is 4.88. The van der Waals surface area contributed by atoms with Crippen LogP contribution in [0.4, 0.5) is 11.4 Å². The average molecular weight is 441 g/mol. The van der Waals surface area contributed by atoms with Gasteiger partial charge in [-0.3, -0.25) is 14.3 Å². The molecule has 166 valence electrons. The molecule has 0 aliphatic rings. The number of hydrogen-bond donors (Lipinski definition) is 2. The summed E-state index contributed by atoms with van der Waals surface area (Å²) in [7, 11) is 0. The van der Waals surface area contributed by atoms with Crippen molar-refractivity contribution in [3.63, 3.8) is 0 Å². The highest BCUT2D eigenvalue weighted by Gasteiger charge is 2.14. The van der Waals surface area contributed by atoms with E-state index in [1.165, 1.54) is 0 Å². The molecule has 8 nitrogen and oxygen atoms in total. The number of aryl methyl sites for hydroxylation is 2. The molecule has 33 heavy (non-hydrogen) atoms. The van der Waals surface area contributed by atoms with Crippen LogP contribution in [0.25, 0.3) is 0 Å². The lowest BCUT2D eigenvalue weighted by Crippen LogP contribution is -2.16. The zero-order valence-electron chi connectivity index (χ0n) is 18.6. The number of nitrogens with zero attached hydrogens (tertiary/aromatic N) is 4. The zero-order valence-corrected chi connectivity index (χ0v) is 18.6. The van der Waals surface area contributed by atoms with Crippen LogP contribution in [0, 0.1) is 36.5 Å². The van der Waals surface area contributed by atoms with Crippen molar-refractivity contribution in [3.8, 4) is 12.1 Å². The van der Waals surface area contributed by atoms with Gasteiger partial charge in [0.25, 0.3) is 0 Å². The van der Waals surface area contributed by atoms with Crippen molar-refractivity contribution in [1.82, 2.24) is 9.78 Å². The molecule has 2 N–H and O–H groups in total. The molecule has 0 aliphatic carbocycles. The van der Waals surface area contributed by atoms with E-state index in [1.54, 1.807) is 53.2 Å². The van der Waals surface area contributed by atoms with E-state index in [-0.39, 0.29) is 24.7 Å². The van der Waals surface area contributed by atoms with Gasteiger partial charge >= 0.3 is 0 Å². The van der Waals surface area contributed by atoms with Crippen LogP contribution in [-0.4, -0.2) is 21.6 Å². The molecule has 0 spiro atoms. The van der Waals surface area contributed by atoms with Crippen molar-refractivity contribution >= 4 is 23.2 Å². The topological polar surface area (TPSA) is 124 Å². The second-order valence-corrected chi connectivity index (χ2v) is 7.60. The van der Waals surface area contributed by atoms with E-state index in [1.807, 2.05) is 19.9 Å². The fourth-order valence-corrected chi connectivity index (χ4v) is 3.54. The Kier molecular flexibility index (Phi) is 7.56. The summed E-state index contributed by atoms with van der Waals surface area (Å²) in [6, 6.07) is 17.6. The first-order chi connectivity index (χ1) is 15.9.